The fourth-order valence-electron chi connectivity index (χ4n) is 5.09. The number of halogens is 1. The Morgan fingerprint density at radius 2 is 2.00 bits per heavy atom. The maximum absolute atomic E-state index is 12.8. The molecule has 0 radical (unpaired) electrons. The lowest BCUT2D eigenvalue weighted by atomic mass is 9.76. The quantitative estimate of drug-likeness (QED) is 0.775. The van der Waals surface area contributed by atoms with Gasteiger partial charge in [0.1, 0.15) is 0 Å². The van der Waals surface area contributed by atoms with Gasteiger partial charge in [-0.2, -0.15) is 0 Å². The number of hydrogen-bond acceptors (Lipinski definition) is 3. The van der Waals surface area contributed by atoms with Crippen molar-refractivity contribution in [3.8, 4) is 0 Å². The van der Waals surface area contributed by atoms with Crippen LogP contribution in [0.15, 0.2) is 30.3 Å². The van der Waals surface area contributed by atoms with Gasteiger partial charge in [-0.05, 0) is 43.1 Å². The van der Waals surface area contributed by atoms with Gasteiger partial charge >= 0.3 is 5.97 Å². The molecule has 4 rings (SSSR count). The van der Waals surface area contributed by atoms with E-state index in [1.165, 1.54) is 12.7 Å². The Kier molecular flexibility index (Phi) is 4.33. The molecular weight excluding hydrogens is 305 g/mol. The predicted octanol–water partition coefficient (Wildman–Crippen LogP) is 3.40. The molecule has 3 aliphatic rings. The van der Waals surface area contributed by atoms with E-state index in [1.54, 1.807) is 0 Å². The van der Waals surface area contributed by atoms with E-state index in [4.69, 9.17) is 4.74 Å². The maximum Gasteiger partial charge on any atom is 0.310 e. The second kappa shape index (κ2) is 6.47. The molecule has 0 amide bonds. The smallest absolute Gasteiger partial charge is 0.310 e. The standard InChI is InChI=1S/C20H26FNO2/c1-24-20(23)19-17(13-5-3-2-4-6-13)10-16-7-8-18(19)22(16)12-15-9-14(15)11-21/h2-6,14-19H,7-12H2,1H3/t14-,15-,16+,17-,18-,19+/m1/s1. The van der Waals surface area contributed by atoms with Gasteiger partial charge in [0.2, 0.25) is 0 Å². The van der Waals surface area contributed by atoms with E-state index >= 15 is 0 Å². The molecule has 0 spiro atoms. The zero-order valence-corrected chi connectivity index (χ0v) is 14.2. The Morgan fingerprint density at radius 3 is 2.67 bits per heavy atom. The van der Waals surface area contributed by atoms with Crippen LogP contribution in [0.4, 0.5) is 4.39 Å². The number of carbonyl (C=O) groups excluding carboxylic acids is 1. The molecule has 24 heavy (non-hydrogen) atoms. The lowest BCUT2D eigenvalue weighted by molar-refractivity contribution is -0.150. The number of carbonyl (C=O) groups is 1. The SMILES string of the molecule is COC(=O)[C@H]1[C@@H](c2ccccc2)C[C@@H]2CC[C@H]1N2C[C@H]1C[C@@H]1CF. The number of nitrogens with zero attached hydrogens (tertiary/aromatic N) is 1. The van der Waals surface area contributed by atoms with E-state index in [9.17, 15) is 9.18 Å². The second-order valence-corrected chi connectivity index (χ2v) is 7.71. The van der Waals surface area contributed by atoms with Gasteiger partial charge in [0.15, 0.2) is 0 Å². The average Bonchev–Trinajstić information content (AvgIpc) is 3.32. The first kappa shape index (κ1) is 16.1. The number of methoxy groups -OCH3 is 1. The molecule has 3 fully saturated rings. The molecule has 0 aromatic heterocycles. The fraction of sp³-hybridized carbons (Fsp3) is 0.650. The molecule has 0 unspecified atom stereocenters. The average molecular weight is 331 g/mol. The first-order chi connectivity index (χ1) is 11.7. The summed E-state index contributed by atoms with van der Waals surface area (Å²) >= 11 is 0. The van der Waals surface area contributed by atoms with Crippen molar-refractivity contribution < 1.29 is 13.9 Å². The van der Waals surface area contributed by atoms with Gasteiger partial charge < -0.3 is 4.74 Å². The molecule has 2 bridgehead atoms. The highest BCUT2D eigenvalue weighted by Gasteiger charge is 2.52. The molecule has 3 nitrogen and oxygen atoms in total. The van der Waals surface area contributed by atoms with Crippen molar-refractivity contribution in [2.24, 2.45) is 17.8 Å². The highest BCUT2D eigenvalue weighted by atomic mass is 19.1. The number of rotatable bonds is 5. The lowest BCUT2D eigenvalue weighted by Gasteiger charge is -2.44. The van der Waals surface area contributed by atoms with Crippen molar-refractivity contribution in [2.45, 2.75) is 43.7 Å². The second-order valence-electron chi connectivity index (χ2n) is 7.71. The minimum absolute atomic E-state index is 0.0861. The van der Waals surface area contributed by atoms with Gasteiger partial charge in [-0.3, -0.25) is 14.1 Å². The fourth-order valence-corrected chi connectivity index (χ4v) is 5.09. The molecule has 1 aromatic carbocycles. The third kappa shape index (κ3) is 2.75. The van der Waals surface area contributed by atoms with Crippen LogP contribution < -0.4 is 0 Å². The maximum atomic E-state index is 12.8. The van der Waals surface area contributed by atoms with E-state index in [-0.39, 0.29) is 36.4 Å². The van der Waals surface area contributed by atoms with Crippen molar-refractivity contribution in [3.05, 3.63) is 35.9 Å². The largest absolute Gasteiger partial charge is 0.469 e. The zero-order chi connectivity index (χ0) is 16.7. The Labute approximate surface area is 143 Å². The van der Waals surface area contributed by atoms with E-state index < -0.39 is 0 Å². The molecular formula is C20H26FNO2. The Bertz CT molecular complexity index is 593. The van der Waals surface area contributed by atoms with Gasteiger partial charge in [0.05, 0.1) is 19.7 Å². The summed E-state index contributed by atoms with van der Waals surface area (Å²) in [4.78, 5) is 15.1. The Hall–Kier alpha value is -1.42. The number of fused-ring (bicyclic) bond motifs is 2. The molecule has 1 saturated carbocycles. The molecule has 4 heteroatoms. The van der Waals surface area contributed by atoms with Gasteiger partial charge in [0.25, 0.3) is 0 Å². The van der Waals surface area contributed by atoms with Crippen molar-refractivity contribution in [1.82, 2.24) is 4.90 Å². The van der Waals surface area contributed by atoms with Gasteiger partial charge in [-0.1, -0.05) is 30.3 Å². The van der Waals surface area contributed by atoms with Crippen molar-refractivity contribution >= 4 is 5.97 Å². The van der Waals surface area contributed by atoms with Gasteiger partial charge in [-0.15, -0.1) is 0 Å². The number of esters is 1. The molecule has 2 saturated heterocycles. The summed E-state index contributed by atoms with van der Waals surface area (Å²) in [6, 6.07) is 11.2. The topological polar surface area (TPSA) is 29.5 Å². The monoisotopic (exact) mass is 331 g/mol. The first-order valence-corrected chi connectivity index (χ1v) is 9.17. The Balaban J connectivity index is 1.58. The third-order valence-electron chi connectivity index (χ3n) is 6.48. The molecule has 0 N–H and O–H groups in total. The molecule has 2 aliphatic heterocycles. The summed E-state index contributed by atoms with van der Waals surface area (Å²) in [6.45, 7) is 0.764. The third-order valence-corrected chi connectivity index (χ3v) is 6.48. The van der Waals surface area contributed by atoms with Crippen LogP contribution in [0.25, 0.3) is 0 Å². The number of ether oxygens (including phenoxy) is 1. The summed E-state index contributed by atoms with van der Waals surface area (Å²) < 4.78 is 18.0. The Morgan fingerprint density at radius 1 is 1.21 bits per heavy atom. The molecule has 2 heterocycles. The highest BCUT2D eigenvalue weighted by Crippen LogP contribution is 2.50. The van der Waals surface area contributed by atoms with Gasteiger partial charge in [0, 0.05) is 24.5 Å². The molecule has 130 valence electrons. The van der Waals surface area contributed by atoms with E-state index in [0.717, 1.165) is 32.2 Å². The van der Waals surface area contributed by atoms with Crippen LogP contribution in [0.3, 0.4) is 0 Å². The molecule has 1 aromatic rings. The van der Waals surface area contributed by atoms with E-state index in [0.29, 0.717) is 12.0 Å². The summed E-state index contributed by atoms with van der Waals surface area (Å²) in [5, 5.41) is 0. The number of alkyl halides is 1. The summed E-state index contributed by atoms with van der Waals surface area (Å²) in [5.74, 6) is 0.803. The van der Waals surface area contributed by atoms with Crippen LogP contribution in [-0.4, -0.2) is 43.3 Å². The van der Waals surface area contributed by atoms with Crippen LogP contribution in [0.5, 0.6) is 0 Å². The van der Waals surface area contributed by atoms with Crippen LogP contribution in [-0.2, 0) is 9.53 Å². The van der Waals surface area contributed by atoms with Gasteiger partial charge in [-0.25, -0.2) is 0 Å². The molecule has 1 aliphatic carbocycles. The minimum atomic E-state index is -0.194. The minimum Gasteiger partial charge on any atom is -0.469 e. The summed E-state index contributed by atoms with van der Waals surface area (Å²) in [7, 11) is 1.50. The molecule has 6 atom stereocenters. The summed E-state index contributed by atoms with van der Waals surface area (Å²) in [6.07, 6.45) is 4.22. The van der Waals surface area contributed by atoms with Crippen molar-refractivity contribution in [3.63, 3.8) is 0 Å². The lowest BCUT2D eigenvalue weighted by Crippen LogP contribution is -2.51. The van der Waals surface area contributed by atoms with Crippen LogP contribution >= 0.6 is 0 Å². The van der Waals surface area contributed by atoms with Crippen LogP contribution in [0.1, 0.15) is 37.2 Å². The highest BCUT2D eigenvalue weighted by molar-refractivity contribution is 5.75. The van der Waals surface area contributed by atoms with Crippen molar-refractivity contribution in [1.29, 1.82) is 0 Å². The van der Waals surface area contributed by atoms with Crippen molar-refractivity contribution in [2.75, 3.05) is 20.3 Å². The number of hydrogen-bond donors (Lipinski definition) is 0. The van der Waals surface area contributed by atoms with E-state index in [2.05, 4.69) is 17.0 Å². The normalized spacial score (nSPS) is 38.1. The summed E-state index contributed by atoms with van der Waals surface area (Å²) in [5.41, 5.74) is 1.25. The number of piperidine rings is 1. The van der Waals surface area contributed by atoms with E-state index in [1.807, 2.05) is 18.2 Å². The van der Waals surface area contributed by atoms with Crippen LogP contribution in [0.2, 0.25) is 0 Å². The number of benzene rings is 1. The zero-order valence-electron chi connectivity index (χ0n) is 14.2. The predicted molar refractivity (Wildman–Crippen MR) is 90.4 cm³/mol. The van der Waals surface area contributed by atoms with Crippen LogP contribution in [0, 0.1) is 17.8 Å². The first-order valence-electron chi connectivity index (χ1n) is 9.17.